The second-order valence-corrected chi connectivity index (χ2v) is 32.0. The van der Waals surface area contributed by atoms with Crippen LogP contribution in [0.4, 0.5) is 0 Å². The Hall–Kier alpha value is 0.00753. The Kier molecular flexibility index (Phi) is 7.72. The molecule has 6 heteroatoms. The van der Waals surface area contributed by atoms with E-state index in [1.54, 1.807) is 10.4 Å². The number of rotatable bonds is 10. The molecule has 3 unspecified atom stereocenters. The minimum absolute atomic E-state index is 0.624. The summed E-state index contributed by atoms with van der Waals surface area (Å²) >= 11 is 0. The van der Waals surface area contributed by atoms with Crippen LogP contribution in [0.5, 0.6) is 0 Å². The average Bonchev–Trinajstić information content (AvgIpc) is 3.42. The Balaban J connectivity index is 1.55. The van der Waals surface area contributed by atoms with Gasteiger partial charge in [-0.15, -0.1) is 0 Å². The standard InChI is InChI=1S/C25H48O2Si4/c1-28(2,3)27-31(8,9)19-18-30(6,7)23-13-11-22(12-14-23)29(4,5)17-16-21-10-15-24-25(20-21)26-24/h11-14,21,24-25H,10,15-20H2,1-9H3. The van der Waals surface area contributed by atoms with E-state index in [4.69, 9.17) is 8.85 Å². The molecular weight excluding hydrogens is 445 g/mol. The normalized spacial score (nSPS) is 24.7. The van der Waals surface area contributed by atoms with Gasteiger partial charge in [-0.25, -0.2) is 0 Å². The summed E-state index contributed by atoms with van der Waals surface area (Å²) in [5.74, 6) is 0.909. The highest BCUT2D eigenvalue weighted by atomic mass is 28.4. The fourth-order valence-electron chi connectivity index (χ4n) is 5.47. The van der Waals surface area contributed by atoms with E-state index in [2.05, 4.69) is 83.2 Å². The van der Waals surface area contributed by atoms with Crippen molar-refractivity contribution in [1.82, 2.24) is 0 Å². The van der Waals surface area contributed by atoms with Crippen molar-refractivity contribution in [2.75, 3.05) is 0 Å². The highest BCUT2D eigenvalue weighted by Crippen LogP contribution is 2.41. The molecule has 0 N–H and O–H groups in total. The van der Waals surface area contributed by atoms with Gasteiger partial charge >= 0.3 is 0 Å². The third kappa shape index (κ3) is 7.50. The molecule has 1 heterocycles. The van der Waals surface area contributed by atoms with Gasteiger partial charge in [0.2, 0.25) is 0 Å². The summed E-state index contributed by atoms with van der Waals surface area (Å²) in [7, 11) is -5.79. The molecule has 0 bridgehead atoms. The molecule has 1 aromatic rings. The van der Waals surface area contributed by atoms with E-state index >= 15 is 0 Å². The summed E-state index contributed by atoms with van der Waals surface area (Å²) in [6.45, 7) is 22.1. The second-order valence-electron chi connectivity index (χ2n) is 13.2. The number of fused-ring (bicyclic) bond motifs is 1. The van der Waals surface area contributed by atoms with Crippen molar-refractivity contribution in [3.8, 4) is 0 Å². The molecule has 1 saturated heterocycles. The quantitative estimate of drug-likeness (QED) is 0.273. The lowest BCUT2D eigenvalue weighted by Crippen LogP contribution is -2.48. The molecule has 1 aromatic carbocycles. The van der Waals surface area contributed by atoms with Crippen molar-refractivity contribution in [3.63, 3.8) is 0 Å². The van der Waals surface area contributed by atoms with Crippen LogP contribution in [-0.2, 0) is 8.85 Å². The van der Waals surface area contributed by atoms with Gasteiger partial charge in [0.05, 0.1) is 28.4 Å². The molecule has 0 spiro atoms. The van der Waals surface area contributed by atoms with Crippen LogP contribution in [0.1, 0.15) is 25.7 Å². The van der Waals surface area contributed by atoms with Gasteiger partial charge in [-0.3, -0.25) is 0 Å². The van der Waals surface area contributed by atoms with E-state index in [1.807, 2.05) is 0 Å². The van der Waals surface area contributed by atoms with Crippen LogP contribution in [-0.4, -0.2) is 45.0 Å². The third-order valence-electron chi connectivity index (χ3n) is 7.67. The maximum absolute atomic E-state index is 6.60. The Labute approximate surface area is 196 Å². The zero-order valence-electron chi connectivity index (χ0n) is 21.8. The monoisotopic (exact) mass is 492 g/mol. The summed E-state index contributed by atoms with van der Waals surface area (Å²) in [6.07, 6.45) is 6.70. The smallest absolute Gasteiger partial charge is 0.173 e. The third-order valence-corrected chi connectivity index (χ3v) is 21.1. The molecule has 2 nitrogen and oxygen atoms in total. The van der Waals surface area contributed by atoms with Crippen LogP contribution in [0.2, 0.25) is 77.1 Å². The predicted molar refractivity (Wildman–Crippen MR) is 148 cm³/mol. The predicted octanol–water partition coefficient (Wildman–Crippen LogP) is 6.53. The molecule has 3 rings (SSSR count). The fraction of sp³-hybridized carbons (Fsp3) is 0.760. The minimum Gasteiger partial charge on any atom is -0.456 e. The Morgan fingerprint density at radius 1 is 0.742 bits per heavy atom. The number of hydrogen-bond donors (Lipinski definition) is 0. The molecule has 0 amide bonds. The molecule has 2 fully saturated rings. The van der Waals surface area contributed by atoms with E-state index < -0.39 is 32.8 Å². The number of ether oxygens (including phenoxy) is 1. The van der Waals surface area contributed by atoms with E-state index in [0.717, 1.165) is 5.92 Å². The molecule has 1 aliphatic heterocycles. The van der Waals surface area contributed by atoms with Crippen molar-refractivity contribution in [2.24, 2.45) is 5.92 Å². The average molecular weight is 493 g/mol. The second kappa shape index (κ2) is 9.34. The molecular formula is C25H48O2Si4. The maximum atomic E-state index is 6.60. The van der Waals surface area contributed by atoms with Crippen LogP contribution in [0, 0.1) is 5.92 Å². The van der Waals surface area contributed by atoms with Crippen molar-refractivity contribution in [1.29, 1.82) is 0 Å². The first-order valence-electron chi connectivity index (χ1n) is 12.6. The van der Waals surface area contributed by atoms with E-state index in [1.165, 1.54) is 43.8 Å². The van der Waals surface area contributed by atoms with Crippen LogP contribution >= 0.6 is 0 Å². The van der Waals surface area contributed by atoms with Crippen molar-refractivity contribution in [2.45, 2.75) is 115 Å². The number of hydrogen-bond acceptors (Lipinski definition) is 2. The SMILES string of the molecule is C[Si](C)(C)O[Si](C)(C)CC[Si](C)(C)c1ccc([Si](C)(C)CCC2CCC3OC3C2)cc1. The van der Waals surface area contributed by atoms with Crippen molar-refractivity contribution in [3.05, 3.63) is 24.3 Å². The molecule has 2 aliphatic rings. The maximum Gasteiger partial charge on any atom is 0.173 e. The van der Waals surface area contributed by atoms with Gasteiger partial charge in [-0.2, -0.15) is 0 Å². The van der Waals surface area contributed by atoms with Gasteiger partial charge in [0.1, 0.15) is 0 Å². The highest BCUT2D eigenvalue weighted by Gasteiger charge is 2.44. The first-order chi connectivity index (χ1) is 14.2. The summed E-state index contributed by atoms with van der Waals surface area (Å²) in [4.78, 5) is 0. The fourth-order valence-corrected chi connectivity index (χ4v) is 21.3. The van der Waals surface area contributed by atoms with Gasteiger partial charge < -0.3 is 8.85 Å². The molecule has 0 aromatic heterocycles. The van der Waals surface area contributed by atoms with Crippen LogP contribution < -0.4 is 10.4 Å². The molecule has 0 radical (unpaired) electrons. The lowest BCUT2D eigenvalue weighted by Gasteiger charge is -2.34. The summed E-state index contributed by atoms with van der Waals surface area (Å²) in [5, 5.41) is 3.28. The number of epoxide rings is 1. The van der Waals surface area contributed by atoms with Crippen LogP contribution in [0.15, 0.2) is 24.3 Å². The van der Waals surface area contributed by atoms with Gasteiger partial charge in [0.25, 0.3) is 0 Å². The Bertz CT molecular complexity index is 737. The zero-order valence-corrected chi connectivity index (χ0v) is 25.8. The largest absolute Gasteiger partial charge is 0.456 e. The highest BCUT2D eigenvalue weighted by molar-refractivity contribution is 6.92. The van der Waals surface area contributed by atoms with Crippen molar-refractivity contribution < 1.29 is 8.85 Å². The van der Waals surface area contributed by atoms with Gasteiger partial charge in [0, 0.05) is 0 Å². The van der Waals surface area contributed by atoms with Gasteiger partial charge in [0.15, 0.2) is 16.6 Å². The zero-order chi connectivity index (χ0) is 23.1. The Morgan fingerprint density at radius 3 is 1.81 bits per heavy atom. The lowest BCUT2D eigenvalue weighted by molar-refractivity contribution is 0.357. The summed E-state index contributed by atoms with van der Waals surface area (Å²) in [5.41, 5.74) is 0. The first kappa shape index (κ1) is 25.6. The molecule has 31 heavy (non-hydrogen) atoms. The van der Waals surface area contributed by atoms with Crippen LogP contribution in [0.3, 0.4) is 0 Å². The lowest BCUT2D eigenvalue weighted by atomic mass is 9.87. The van der Waals surface area contributed by atoms with Gasteiger partial charge in [-0.1, -0.05) is 79.3 Å². The van der Waals surface area contributed by atoms with Gasteiger partial charge in [-0.05, 0) is 64.0 Å². The minimum atomic E-state index is -1.56. The molecule has 176 valence electrons. The topological polar surface area (TPSA) is 21.8 Å². The molecule has 1 aliphatic carbocycles. The van der Waals surface area contributed by atoms with E-state index in [0.29, 0.717) is 12.2 Å². The number of benzene rings is 1. The summed E-state index contributed by atoms with van der Waals surface area (Å²) in [6, 6.07) is 14.1. The van der Waals surface area contributed by atoms with Crippen LogP contribution in [0.25, 0.3) is 0 Å². The first-order valence-corrected chi connectivity index (χ1v) is 25.6. The van der Waals surface area contributed by atoms with E-state index in [9.17, 15) is 0 Å². The van der Waals surface area contributed by atoms with Crippen molar-refractivity contribution >= 4 is 43.2 Å². The van der Waals surface area contributed by atoms with E-state index in [-0.39, 0.29) is 0 Å². The summed E-state index contributed by atoms with van der Waals surface area (Å²) < 4.78 is 12.3. The Morgan fingerprint density at radius 2 is 1.29 bits per heavy atom. The molecule has 1 saturated carbocycles. The molecule has 3 atom stereocenters.